The van der Waals surface area contributed by atoms with Gasteiger partial charge in [-0.15, -0.1) is 0 Å². The Kier molecular flexibility index (Phi) is 6.80. The quantitative estimate of drug-likeness (QED) is 0.465. The molecule has 4 rings (SSSR count). The second-order valence-corrected chi connectivity index (χ2v) is 7.59. The average Bonchev–Trinajstić information content (AvgIpc) is 3.26. The molecular weight excluding hydrogens is 416 g/mol. The van der Waals surface area contributed by atoms with Crippen molar-refractivity contribution < 1.29 is 14.4 Å². The van der Waals surface area contributed by atoms with E-state index in [4.69, 9.17) is 0 Å². The van der Waals surface area contributed by atoms with Crippen molar-refractivity contribution in [3.05, 3.63) is 90.5 Å². The number of rotatable bonds is 6. The Morgan fingerprint density at radius 1 is 0.758 bits per heavy atom. The van der Waals surface area contributed by atoms with Crippen LogP contribution in [0.3, 0.4) is 0 Å². The largest absolute Gasteiger partial charge is 0.323 e. The molecule has 3 aromatic carbocycles. The summed E-state index contributed by atoms with van der Waals surface area (Å²) in [6.07, 6.45) is 4.66. The molecule has 0 radical (unpaired) electrons. The van der Waals surface area contributed by atoms with Crippen LogP contribution >= 0.6 is 0 Å². The van der Waals surface area contributed by atoms with Crippen LogP contribution in [-0.4, -0.2) is 24.4 Å². The molecule has 0 atom stereocenters. The number of nitrogens with one attached hydrogen (secondary N) is 3. The predicted octanol–water partition coefficient (Wildman–Crippen LogP) is 5.11. The standard InChI is InChI=1S/C26H24N4O3/c31-24(17-10-19-8-15-23(16-9-19)30-18-4-7-25(30)32)27-21-11-13-22(14-12-21)29-26(33)28-20-5-2-1-3-6-20/h1-3,5-6,8-17H,4,7,18H2,(H,27,31)(H2,28,29,33)/b17-10+. The third-order valence-corrected chi connectivity index (χ3v) is 5.15. The first-order valence-electron chi connectivity index (χ1n) is 10.7. The van der Waals surface area contributed by atoms with E-state index in [0.717, 1.165) is 24.2 Å². The van der Waals surface area contributed by atoms with Crippen molar-refractivity contribution in [1.29, 1.82) is 0 Å². The van der Waals surface area contributed by atoms with Crippen molar-refractivity contribution in [3.63, 3.8) is 0 Å². The number of carbonyl (C=O) groups excluding carboxylic acids is 3. The lowest BCUT2D eigenvalue weighted by atomic mass is 10.2. The van der Waals surface area contributed by atoms with Crippen LogP contribution in [0.15, 0.2) is 84.9 Å². The number of anilines is 4. The Labute approximate surface area is 192 Å². The molecule has 7 nitrogen and oxygen atoms in total. The lowest BCUT2D eigenvalue weighted by molar-refractivity contribution is -0.117. The fourth-order valence-electron chi connectivity index (χ4n) is 3.49. The number of amides is 4. The van der Waals surface area contributed by atoms with Crippen molar-refractivity contribution in [2.45, 2.75) is 12.8 Å². The zero-order valence-corrected chi connectivity index (χ0v) is 18.0. The van der Waals surface area contributed by atoms with Gasteiger partial charge in [-0.05, 0) is 66.6 Å². The van der Waals surface area contributed by atoms with Crippen molar-refractivity contribution in [2.24, 2.45) is 0 Å². The van der Waals surface area contributed by atoms with Crippen molar-refractivity contribution >= 4 is 46.7 Å². The van der Waals surface area contributed by atoms with E-state index in [1.54, 1.807) is 47.4 Å². The van der Waals surface area contributed by atoms with E-state index in [1.165, 1.54) is 6.08 Å². The molecular formula is C26H24N4O3. The molecule has 0 saturated carbocycles. The zero-order valence-electron chi connectivity index (χ0n) is 18.0. The summed E-state index contributed by atoms with van der Waals surface area (Å²) >= 11 is 0. The third kappa shape index (κ3) is 6.07. The minimum absolute atomic E-state index is 0.149. The molecule has 1 heterocycles. The van der Waals surface area contributed by atoms with Crippen LogP contribution in [0.5, 0.6) is 0 Å². The summed E-state index contributed by atoms with van der Waals surface area (Å²) in [7, 11) is 0. The van der Waals surface area contributed by atoms with Gasteiger partial charge in [-0.1, -0.05) is 30.3 Å². The van der Waals surface area contributed by atoms with Crippen LogP contribution in [0.1, 0.15) is 18.4 Å². The normalized spacial score (nSPS) is 13.2. The smallest absolute Gasteiger partial charge is 0.323 e. The highest BCUT2D eigenvalue weighted by Gasteiger charge is 2.21. The molecule has 0 bridgehead atoms. The van der Waals surface area contributed by atoms with Gasteiger partial charge in [0, 0.05) is 41.8 Å². The van der Waals surface area contributed by atoms with E-state index < -0.39 is 0 Å². The van der Waals surface area contributed by atoms with Gasteiger partial charge < -0.3 is 20.9 Å². The molecule has 7 heteroatoms. The highest BCUT2D eigenvalue weighted by Crippen LogP contribution is 2.22. The summed E-state index contributed by atoms with van der Waals surface area (Å²) in [4.78, 5) is 37.9. The summed E-state index contributed by atoms with van der Waals surface area (Å²) < 4.78 is 0. The van der Waals surface area contributed by atoms with E-state index in [1.807, 2.05) is 42.5 Å². The lowest BCUT2D eigenvalue weighted by Gasteiger charge is -2.15. The molecule has 1 fully saturated rings. The number of hydrogen-bond acceptors (Lipinski definition) is 3. The Balaban J connectivity index is 1.27. The van der Waals surface area contributed by atoms with Crippen LogP contribution in [0, 0.1) is 0 Å². The van der Waals surface area contributed by atoms with Gasteiger partial charge in [-0.3, -0.25) is 9.59 Å². The predicted molar refractivity (Wildman–Crippen MR) is 131 cm³/mol. The van der Waals surface area contributed by atoms with E-state index >= 15 is 0 Å². The highest BCUT2D eigenvalue weighted by atomic mass is 16.2. The van der Waals surface area contributed by atoms with Gasteiger partial charge in [-0.2, -0.15) is 0 Å². The molecule has 1 aliphatic rings. The highest BCUT2D eigenvalue weighted by molar-refractivity contribution is 6.03. The summed E-state index contributed by atoms with van der Waals surface area (Å²) in [5.74, 6) is -0.118. The fraction of sp³-hybridized carbons (Fsp3) is 0.115. The second-order valence-electron chi connectivity index (χ2n) is 7.59. The van der Waals surface area contributed by atoms with Gasteiger partial charge in [0.1, 0.15) is 0 Å². The molecule has 1 aliphatic heterocycles. The SMILES string of the molecule is O=C(/C=C/c1ccc(N2CCCC2=O)cc1)Nc1ccc(NC(=O)Nc2ccccc2)cc1. The van der Waals surface area contributed by atoms with Crippen LogP contribution < -0.4 is 20.9 Å². The molecule has 0 aromatic heterocycles. The Morgan fingerprint density at radius 2 is 1.36 bits per heavy atom. The van der Waals surface area contributed by atoms with E-state index in [0.29, 0.717) is 23.5 Å². The first-order chi connectivity index (χ1) is 16.1. The maximum absolute atomic E-state index is 12.2. The molecule has 4 amide bonds. The molecule has 3 aromatic rings. The van der Waals surface area contributed by atoms with Gasteiger partial charge in [0.05, 0.1) is 0 Å². The number of urea groups is 1. The number of carbonyl (C=O) groups is 3. The molecule has 0 aliphatic carbocycles. The van der Waals surface area contributed by atoms with E-state index in [2.05, 4.69) is 16.0 Å². The lowest BCUT2D eigenvalue weighted by Crippen LogP contribution is -2.23. The molecule has 0 unspecified atom stereocenters. The van der Waals surface area contributed by atoms with Crippen LogP contribution in [-0.2, 0) is 9.59 Å². The van der Waals surface area contributed by atoms with E-state index in [-0.39, 0.29) is 17.8 Å². The van der Waals surface area contributed by atoms with Crippen molar-refractivity contribution in [3.8, 4) is 0 Å². The zero-order chi connectivity index (χ0) is 23.0. The van der Waals surface area contributed by atoms with Crippen LogP contribution in [0.2, 0.25) is 0 Å². The first-order valence-corrected chi connectivity index (χ1v) is 10.7. The molecule has 166 valence electrons. The Morgan fingerprint density at radius 3 is 1.97 bits per heavy atom. The number of hydrogen-bond donors (Lipinski definition) is 3. The minimum Gasteiger partial charge on any atom is -0.323 e. The Bertz CT molecular complexity index is 1160. The Hall–Kier alpha value is -4.39. The average molecular weight is 441 g/mol. The summed E-state index contributed by atoms with van der Waals surface area (Å²) in [6, 6.07) is 23.2. The van der Waals surface area contributed by atoms with E-state index in [9.17, 15) is 14.4 Å². The van der Waals surface area contributed by atoms with Gasteiger partial charge in [-0.25, -0.2) is 4.79 Å². The summed E-state index contributed by atoms with van der Waals surface area (Å²) in [5.41, 5.74) is 3.66. The van der Waals surface area contributed by atoms with Gasteiger partial charge in [0.2, 0.25) is 11.8 Å². The van der Waals surface area contributed by atoms with Crippen LogP contribution in [0.4, 0.5) is 27.5 Å². The molecule has 0 spiro atoms. The number of nitrogens with zero attached hydrogens (tertiary/aromatic N) is 1. The van der Waals surface area contributed by atoms with Gasteiger partial charge >= 0.3 is 6.03 Å². The number of benzene rings is 3. The van der Waals surface area contributed by atoms with Gasteiger partial charge in [0.15, 0.2) is 0 Å². The monoisotopic (exact) mass is 440 g/mol. The first kappa shape index (κ1) is 21.8. The van der Waals surface area contributed by atoms with Gasteiger partial charge in [0.25, 0.3) is 0 Å². The summed E-state index contributed by atoms with van der Waals surface area (Å²) in [5, 5.41) is 8.27. The maximum atomic E-state index is 12.2. The number of para-hydroxylation sites is 1. The van der Waals surface area contributed by atoms with Crippen molar-refractivity contribution in [1.82, 2.24) is 0 Å². The topological polar surface area (TPSA) is 90.5 Å². The van der Waals surface area contributed by atoms with Crippen LogP contribution in [0.25, 0.3) is 6.08 Å². The molecule has 33 heavy (non-hydrogen) atoms. The summed E-state index contributed by atoms with van der Waals surface area (Å²) in [6.45, 7) is 0.752. The maximum Gasteiger partial charge on any atom is 0.323 e. The third-order valence-electron chi connectivity index (χ3n) is 5.15. The molecule has 3 N–H and O–H groups in total. The fourth-order valence-corrected chi connectivity index (χ4v) is 3.49. The second kappa shape index (κ2) is 10.3. The minimum atomic E-state index is -0.346. The molecule has 1 saturated heterocycles. The van der Waals surface area contributed by atoms with Crippen molar-refractivity contribution in [2.75, 3.05) is 27.4 Å².